The van der Waals surface area contributed by atoms with Crippen molar-refractivity contribution < 1.29 is 5.11 Å². The first kappa shape index (κ1) is 10.6. The van der Waals surface area contributed by atoms with Gasteiger partial charge in [0.1, 0.15) is 0 Å². The lowest BCUT2D eigenvalue weighted by atomic mass is 9.83. The fraction of sp³-hybridized carbons (Fsp3) is 0.727. The Bertz CT molecular complexity index is 340. The highest BCUT2D eigenvalue weighted by molar-refractivity contribution is 5.12. The van der Waals surface area contributed by atoms with Crippen LogP contribution in [-0.4, -0.2) is 34.6 Å². The number of aliphatic hydroxyl groups is 1. The summed E-state index contributed by atoms with van der Waals surface area (Å²) < 4.78 is 1.92. The third-order valence-electron chi connectivity index (χ3n) is 3.32. The summed E-state index contributed by atoms with van der Waals surface area (Å²) in [7, 11) is 1.97. The molecule has 1 aromatic rings. The Morgan fingerprint density at radius 1 is 1.67 bits per heavy atom. The number of nitrogens with zero attached hydrogens (tertiary/aromatic N) is 2. The predicted molar refractivity (Wildman–Crippen MR) is 58.7 cm³/mol. The van der Waals surface area contributed by atoms with Gasteiger partial charge in [0, 0.05) is 24.7 Å². The van der Waals surface area contributed by atoms with E-state index >= 15 is 0 Å². The van der Waals surface area contributed by atoms with Gasteiger partial charge >= 0.3 is 0 Å². The van der Waals surface area contributed by atoms with Gasteiger partial charge in [-0.1, -0.05) is 0 Å². The summed E-state index contributed by atoms with van der Waals surface area (Å²) in [5.74, 6) is 0. The van der Waals surface area contributed by atoms with Crippen LogP contribution in [0.5, 0.6) is 0 Å². The standard InChI is InChI=1S/C11H19N3O/c1-9-5-10(14(2)13-9)6-11(8-15)3-4-12-7-11/h5,12,15H,3-4,6-8H2,1-2H3. The molecule has 0 amide bonds. The predicted octanol–water partition coefficient (Wildman–Crippen LogP) is 0.243. The van der Waals surface area contributed by atoms with Crippen molar-refractivity contribution in [1.82, 2.24) is 15.1 Å². The first-order valence-corrected chi connectivity index (χ1v) is 5.46. The molecule has 0 aromatic carbocycles. The number of rotatable bonds is 3. The third-order valence-corrected chi connectivity index (χ3v) is 3.32. The Morgan fingerprint density at radius 3 is 2.93 bits per heavy atom. The van der Waals surface area contributed by atoms with E-state index < -0.39 is 0 Å². The molecular weight excluding hydrogens is 190 g/mol. The fourth-order valence-corrected chi connectivity index (χ4v) is 2.35. The van der Waals surface area contributed by atoms with E-state index in [2.05, 4.69) is 16.5 Å². The van der Waals surface area contributed by atoms with Gasteiger partial charge in [-0.05, 0) is 32.4 Å². The minimum Gasteiger partial charge on any atom is -0.396 e. The molecule has 1 aliphatic heterocycles. The lowest BCUT2D eigenvalue weighted by molar-refractivity contribution is 0.140. The summed E-state index contributed by atoms with van der Waals surface area (Å²) in [5, 5.41) is 17.2. The lowest BCUT2D eigenvalue weighted by Crippen LogP contribution is -2.31. The van der Waals surface area contributed by atoms with Crippen molar-refractivity contribution in [2.24, 2.45) is 12.5 Å². The van der Waals surface area contributed by atoms with Crippen LogP contribution in [0.1, 0.15) is 17.8 Å². The van der Waals surface area contributed by atoms with Crippen molar-refractivity contribution in [3.8, 4) is 0 Å². The fourth-order valence-electron chi connectivity index (χ4n) is 2.35. The van der Waals surface area contributed by atoms with Gasteiger partial charge in [-0.3, -0.25) is 4.68 Å². The minimum absolute atomic E-state index is 0.0280. The number of aromatic nitrogens is 2. The third kappa shape index (κ3) is 2.06. The molecule has 1 fully saturated rings. The Morgan fingerprint density at radius 2 is 2.47 bits per heavy atom. The molecule has 1 saturated heterocycles. The summed E-state index contributed by atoms with van der Waals surface area (Å²) in [5.41, 5.74) is 2.29. The average Bonchev–Trinajstić information content (AvgIpc) is 2.76. The monoisotopic (exact) mass is 209 g/mol. The van der Waals surface area contributed by atoms with E-state index in [4.69, 9.17) is 0 Å². The molecule has 1 aromatic heterocycles. The first-order chi connectivity index (χ1) is 7.15. The number of nitrogens with one attached hydrogen (secondary N) is 1. The van der Waals surface area contributed by atoms with E-state index in [-0.39, 0.29) is 12.0 Å². The number of aliphatic hydroxyl groups excluding tert-OH is 1. The van der Waals surface area contributed by atoms with Crippen LogP contribution in [0.3, 0.4) is 0 Å². The first-order valence-electron chi connectivity index (χ1n) is 5.46. The van der Waals surface area contributed by atoms with Gasteiger partial charge in [-0.25, -0.2) is 0 Å². The molecule has 1 atom stereocenters. The maximum atomic E-state index is 9.51. The molecule has 2 N–H and O–H groups in total. The molecule has 15 heavy (non-hydrogen) atoms. The highest BCUT2D eigenvalue weighted by Gasteiger charge is 2.34. The highest BCUT2D eigenvalue weighted by Crippen LogP contribution is 2.29. The molecule has 1 unspecified atom stereocenters. The van der Waals surface area contributed by atoms with E-state index in [1.807, 2.05) is 18.7 Å². The van der Waals surface area contributed by atoms with E-state index in [1.54, 1.807) is 0 Å². The van der Waals surface area contributed by atoms with Gasteiger partial charge in [-0.15, -0.1) is 0 Å². The summed E-state index contributed by atoms with van der Waals surface area (Å²) in [4.78, 5) is 0. The lowest BCUT2D eigenvalue weighted by Gasteiger charge is -2.25. The zero-order valence-electron chi connectivity index (χ0n) is 9.45. The zero-order chi connectivity index (χ0) is 10.9. The van der Waals surface area contributed by atoms with Crippen molar-refractivity contribution in [2.45, 2.75) is 19.8 Å². The van der Waals surface area contributed by atoms with Crippen LogP contribution in [0.4, 0.5) is 0 Å². The van der Waals surface area contributed by atoms with Crippen LogP contribution in [0.2, 0.25) is 0 Å². The normalized spacial score (nSPS) is 26.1. The second-order valence-electron chi connectivity index (χ2n) is 4.66. The van der Waals surface area contributed by atoms with Gasteiger partial charge in [0.15, 0.2) is 0 Å². The van der Waals surface area contributed by atoms with Crippen molar-refractivity contribution in [3.63, 3.8) is 0 Å². The van der Waals surface area contributed by atoms with Gasteiger partial charge in [0.2, 0.25) is 0 Å². The molecule has 0 radical (unpaired) electrons. The quantitative estimate of drug-likeness (QED) is 0.750. The average molecular weight is 209 g/mol. The van der Waals surface area contributed by atoms with Crippen LogP contribution in [-0.2, 0) is 13.5 Å². The molecule has 1 aliphatic rings. The number of hydrogen-bond donors (Lipinski definition) is 2. The molecule has 84 valence electrons. The highest BCUT2D eigenvalue weighted by atomic mass is 16.3. The number of aryl methyl sites for hydroxylation is 2. The summed E-state index contributed by atoms with van der Waals surface area (Å²) >= 11 is 0. The molecular formula is C11H19N3O. The van der Waals surface area contributed by atoms with E-state index in [0.717, 1.165) is 31.6 Å². The molecule has 2 rings (SSSR count). The number of hydrogen-bond acceptors (Lipinski definition) is 3. The van der Waals surface area contributed by atoms with E-state index in [1.165, 1.54) is 5.69 Å². The molecule has 4 heteroatoms. The SMILES string of the molecule is Cc1cc(CC2(CO)CCNC2)n(C)n1. The van der Waals surface area contributed by atoms with E-state index in [9.17, 15) is 5.11 Å². The van der Waals surface area contributed by atoms with Gasteiger partial charge < -0.3 is 10.4 Å². The van der Waals surface area contributed by atoms with Crippen LogP contribution in [0.25, 0.3) is 0 Å². The van der Waals surface area contributed by atoms with Crippen LogP contribution in [0, 0.1) is 12.3 Å². The van der Waals surface area contributed by atoms with Crippen molar-refractivity contribution in [3.05, 3.63) is 17.5 Å². The second-order valence-corrected chi connectivity index (χ2v) is 4.66. The minimum atomic E-state index is 0.0280. The van der Waals surface area contributed by atoms with Crippen molar-refractivity contribution in [1.29, 1.82) is 0 Å². The molecule has 0 bridgehead atoms. The smallest absolute Gasteiger partial charge is 0.0596 e. The molecule has 2 heterocycles. The van der Waals surface area contributed by atoms with Crippen LogP contribution >= 0.6 is 0 Å². The Hall–Kier alpha value is -0.870. The topological polar surface area (TPSA) is 50.1 Å². The van der Waals surface area contributed by atoms with Crippen molar-refractivity contribution >= 4 is 0 Å². The molecule has 0 spiro atoms. The Kier molecular flexibility index (Phi) is 2.80. The summed E-state index contributed by atoms with van der Waals surface area (Å²) in [6.45, 7) is 4.18. The molecule has 0 saturated carbocycles. The van der Waals surface area contributed by atoms with Gasteiger partial charge in [0.25, 0.3) is 0 Å². The summed E-state index contributed by atoms with van der Waals surface area (Å²) in [6, 6.07) is 2.11. The second kappa shape index (κ2) is 3.94. The summed E-state index contributed by atoms with van der Waals surface area (Å²) in [6.07, 6.45) is 1.96. The zero-order valence-corrected chi connectivity index (χ0v) is 9.45. The molecule has 0 aliphatic carbocycles. The molecule has 4 nitrogen and oxygen atoms in total. The maximum absolute atomic E-state index is 9.51. The Balaban J connectivity index is 2.16. The largest absolute Gasteiger partial charge is 0.396 e. The van der Waals surface area contributed by atoms with Crippen molar-refractivity contribution in [2.75, 3.05) is 19.7 Å². The van der Waals surface area contributed by atoms with E-state index in [0.29, 0.717) is 0 Å². The Labute approximate surface area is 90.3 Å². The van der Waals surface area contributed by atoms with Crippen LogP contribution < -0.4 is 5.32 Å². The van der Waals surface area contributed by atoms with Gasteiger partial charge in [0.05, 0.1) is 12.3 Å². The van der Waals surface area contributed by atoms with Crippen LogP contribution in [0.15, 0.2) is 6.07 Å². The van der Waals surface area contributed by atoms with Gasteiger partial charge in [-0.2, -0.15) is 5.10 Å². The maximum Gasteiger partial charge on any atom is 0.0596 e.